The first kappa shape index (κ1) is 15.3. The molecule has 1 aliphatic heterocycles. The van der Waals surface area contributed by atoms with Gasteiger partial charge in [-0.1, -0.05) is 35.2 Å². The third-order valence-electron chi connectivity index (χ3n) is 5.04. The third-order valence-corrected chi connectivity index (χ3v) is 5.53. The largest absolute Gasteiger partial charge is 0.364 e. The topological polar surface area (TPSA) is 15.3 Å². The number of benzene rings is 1. The fourth-order valence-corrected chi connectivity index (χ4v) is 4.13. The molecule has 0 bridgehead atoms. The zero-order valence-corrected chi connectivity index (χ0v) is 14.2. The molecule has 1 heterocycles. The van der Waals surface area contributed by atoms with Crippen molar-refractivity contribution in [3.63, 3.8) is 0 Å². The minimum absolute atomic E-state index is 0.116. The first-order valence-electron chi connectivity index (χ1n) is 8.10. The zero-order valence-electron chi connectivity index (χ0n) is 12.6. The number of piperazine rings is 1. The normalized spacial score (nSPS) is 27.9. The van der Waals surface area contributed by atoms with Crippen LogP contribution in [-0.2, 0) is 0 Å². The SMILES string of the molecule is CC1CNC(C2CCCCC2)CN1c1cc(Br)ccc1F. The van der Waals surface area contributed by atoms with Crippen LogP contribution in [0.2, 0.25) is 0 Å². The molecule has 0 amide bonds. The van der Waals surface area contributed by atoms with Crippen molar-refractivity contribution >= 4 is 21.6 Å². The number of halogens is 2. The van der Waals surface area contributed by atoms with E-state index in [1.807, 2.05) is 6.07 Å². The van der Waals surface area contributed by atoms with E-state index in [1.54, 1.807) is 12.1 Å². The van der Waals surface area contributed by atoms with E-state index < -0.39 is 0 Å². The van der Waals surface area contributed by atoms with Gasteiger partial charge in [0.05, 0.1) is 5.69 Å². The van der Waals surface area contributed by atoms with Crippen LogP contribution in [0.3, 0.4) is 0 Å². The Labute approximate surface area is 135 Å². The van der Waals surface area contributed by atoms with Gasteiger partial charge in [-0.25, -0.2) is 4.39 Å². The highest BCUT2D eigenvalue weighted by Gasteiger charge is 2.32. The van der Waals surface area contributed by atoms with Crippen LogP contribution in [0.1, 0.15) is 39.0 Å². The van der Waals surface area contributed by atoms with Crippen LogP contribution in [-0.4, -0.2) is 25.2 Å². The summed E-state index contributed by atoms with van der Waals surface area (Å²) >= 11 is 3.47. The fourth-order valence-electron chi connectivity index (χ4n) is 3.78. The lowest BCUT2D eigenvalue weighted by molar-refractivity contribution is 0.244. The maximum Gasteiger partial charge on any atom is 0.146 e. The lowest BCUT2D eigenvalue weighted by atomic mass is 9.82. The predicted octanol–water partition coefficient (Wildman–Crippen LogP) is 4.34. The summed E-state index contributed by atoms with van der Waals surface area (Å²) in [6, 6.07) is 6.07. The molecule has 1 saturated carbocycles. The van der Waals surface area contributed by atoms with E-state index in [4.69, 9.17) is 0 Å². The average molecular weight is 355 g/mol. The molecule has 0 aromatic heterocycles. The molecular weight excluding hydrogens is 331 g/mol. The van der Waals surface area contributed by atoms with Crippen LogP contribution in [0.25, 0.3) is 0 Å². The minimum Gasteiger partial charge on any atom is -0.364 e. The number of rotatable bonds is 2. The summed E-state index contributed by atoms with van der Waals surface area (Å²) < 4.78 is 15.2. The van der Waals surface area contributed by atoms with Crippen molar-refractivity contribution < 1.29 is 4.39 Å². The molecule has 2 fully saturated rings. The van der Waals surface area contributed by atoms with Crippen molar-refractivity contribution in [1.29, 1.82) is 0 Å². The average Bonchev–Trinajstić information content (AvgIpc) is 2.51. The van der Waals surface area contributed by atoms with Crippen molar-refractivity contribution in [1.82, 2.24) is 5.32 Å². The molecule has 2 aliphatic rings. The van der Waals surface area contributed by atoms with Gasteiger partial charge in [-0.2, -0.15) is 0 Å². The Morgan fingerprint density at radius 3 is 2.76 bits per heavy atom. The van der Waals surface area contributed by atoms with Gasteiger partial charge in [0.15, 0.2) is 0 Å². The van der Waals surface area contributed by atoms with E-state index in [-0.39, 0.29) is 5.82 Å². The van der Waals surface area contributed by atoms with Crippen molar-refractivity contribution in [3.05, 3.63) is 28.5 Å². The summed E-state index contributed by atoms with van der Waals surface area (Å²) in [6.45, 7) is 4.02. The van der Waals surface area contributed by atoms with Gasteiger partial charge in [-0.15, -0.1) is 0 Å². The number of anilines is 1. The molecule has 2 nitrogen and oxygen atoms in total. The molecular formula is C17H24BrFN2. The molecule has 4 heteroatoms. The highest BCUT2D eigenvalue weighted by molar-refractivity contribution is 9.10. The van der Waals surface area contributed by atoms with E-state index in [1.165, 1.54) is 32.1 Å². The Kier molecular flexibility index (Phi) is 4.85. The lowest BCUT2D eigenvalue weighted by Crippen LogP contribution is -2.58. The van der Waals surface area contributed by atoms with Crippen LogP contribution in [0.5, 0.6) is 0 Å². The predicted molar refractivity (Wildman–Crippen MR) is 89.3 cm³/mol. The summed E-state index contributed by atoms with van der Waals surface area (Å²) in [4.78, 5) is 2.25. The second-order valence-electron chi connectivity index (χ2n) is 6.51. The van der Waals surface area contributed by atoms with E-state index in [9.17, 15) is 4.39 Å². The highest BCUT2D eigenvalue weighted by atomic mass is 79.9. The Morgan fingerprint density at radius 2 is 2.00 bits per heavy atom. The molecule has 1 aromatic carbocycles. The molecule has 1 aromatic rings. The van der Waals surface area contributed by atoms with Crippen molar-refractivity contribution in [3.8, 4) is 0 Å². The Balaban J connectivity index is 1.78. The summed E-state index contributed by atoms with van der Waals surface area (Å²) in [6.07, 6.45) is 6.72. The summed E-state index contributed by atoms with van der Waals surface area (Å²) in [5.74, 6) is 0.637. The van der Waals surface area contributed by atoms with Gasteiger partial charge >= 0.3 is 0 Å². The van der Waals surface area contributed by atoms with Gasteiger partial charge in [0, 0.05) is 29.6 Å². The van der Waals surface area contributed by atoms with Gasteiger partial charge in [0.2, 0.25) is 0 Å². The van der Waals surface area contributed by atoms with Crippen LogP contribution in [0.4, 0.5) is 10.1 Å². The van der Waals surface area contributed by atoms with E-state index >= 15 is 0 Å². The van der Waals surface area contributed by atoms with Gasteiger partial charge in [-0.05, 0) is 43.9 Å². The standard InChI is InChI=1S/C17H24BrFN2/c1-12-10-20-16(13-5-3-2-4-6-13)11-21(12)17-9-14(18)7-8-15(17)19/h7-9,12-13,16,20H,2-6,10-11H2,1H3. The summed E-state index contributed by atoms with van der Waals surface area (Å²) in [5, 5.41) is 3.70. The van der Waals surface area contributed by atoms with Crippen molar-refractivity contribution in [2.24, 2.45) is 5.92 Å². The lowest BCUT2D eigenvalue weighted by Gasteiger charge is -2.44. The Morgan fingerprint density at radius 1 is 1.24 bits per heavy atom. The molecule has 0 radical (unpaired) electrons. The fraction of sp³-hybridized carbons (Fsp3) is 0.647. The molecule has 1 aliphatic carbocycles. The van der Waals surface area contributed by atoms with Crippen molar-refractivity contribution in [2.45, 2.75) is 51.1 Å². The van der Waals surface area contributed by atoms with Crippen LogP contribution in [0.15, 0.2) is 22.7 Å². The molecule has 0 spiro atoms. The van der Waals surface area contributed by atoms with E-state index in [0.717, 1.165) is 29.2 Å². The monoisotopic (exact) mass is 354 g/mol. The highest BCUT2D eigenvalue weighted by Crippen LogP contribution is 2.32. The summed E-state index contributed by atoms with van der Waals surface area (Å²) in [5.41, 5.74) is 0.735. The van der Waals surface area contributed by atoms with Crippen molar-refractivity contribution in [2.75, 3.05) is 18.0 Å². The number of hydrogen-bond acceptors (Lipinski definition) is 2. The maximum atomic E-state index is 14.2. The van der Waals surface area contributed by atoms with Gasteiger partial charge < -0.3 is 10.2 Å². The van der Waals surface area contributed by atoms with E-state index in [2.05, 4.69) is 33.1 Å². The van der Waals surface area contributed by atoms with Crippen LogP contribution < -0.4 is 10.2 Å². The number of nitrogens with one attached hydrogen (secondary N) is 1. The first-order valence-corrected chi connectivity index (χ1v) is 8.89. The second-order valence-corrected chi connectivity index (χ2v) is 7.43. The molecule has 116 valence electrons. The zero-order chi connectivity index (χ0) is 14.8. The second kappa shape index (κ2) is 6.66. The van der Waals surface area contributed by atoms with Crippen LogP contribution >= 0.6 is 15.9 Å². The molecule has 2 unspecified atom stereocenters. The number of nitrogens with zero attached hydrogens (tertiary/aromatic N) is 1. The molecule has 21 heavy (non-hydrogen) atoms. The molecule has 2 atom stereocenters. The maximum absolute atomic E-state index is 14.2. The number of hydrogen-bond donors (Lipinski definition) is 1. The third kappa shape index (κ3) is 3.42. The molecule has 1 N–H and O–H groups in total. The molecule has 3 rings (SSSR count). The van der Waals surface area contributed by atoms with E-state index in [0.29, 0.717) is 12.1 Å². The van der Waals surface area contributed by atoms with Gasteiger partial charge in [0.25, 0.3) is 0 Å². The molecule has 1 saturated heterocycles. The Bertz CT molecular complexity index is 488. The smallest absolute Gasteiger partial charge is 0.146 e. The first-order chi connectivity index (χ1) is 10.1. The quantitative estimate of drug-likeness (QED) is 0.849. The van der Waals surface area contributed by atoms with Gasteiger partial charge in [-0.3, -0.25) is 0 Å². The minimum atomic E-state index is -0.116. The van der Waals surface area contributed by atoms with Crippen LogP contribution in [0, 0.1) is 11.7 Å². The Hall–Kier alpha value is -0.610. The van der Waals surface area contributed by atoms with Gasteiger partial charge in [0.1, 0.15) is 5.82 Å². The summed E-state index contributed by atoms with van der Waals surface area (Å²) in [7, 11) is 0.